The lowest BCUT2D eigenvalue weighted by molar-refractivity contribution is 0.188. The first-order valence-corrected chi connectivity index (χ1v) is 7.42. The maximum atomic E-state index is 5.15. The molecule has 0 aliphatic carbocycles. The van der Waals surface area contributed by atoms with Crippen LogP contribution in [0.5, 0.6) is 0 Å². The van der Waals surface area contributed by atoms with E-state index < -0.39 is 0 Å². The minimum absolute atomic E-state index is 0.712. The van der Waals surface area contributed by atoms with Crippen molar-refractivity contribution in [3.8, 4) is 11.4 Å². The lowest BCUT2D eigenvalue weighted by Gasteiger charge is -2.05. The fraction of sp³-hybridized carbons (Fsp3) is 0.200. The van der Waals surface area contributed by atoms with Crippen LogP contribution in [-0.4, -0.2) is 28.3 Å². The Kier molecular flexibility index (Phi) is 3.98. The van der Waals surface area contributed by atoms with E-state index >= 15 is 0 Å². The summed E-state index contributed by atoms with van der Waals surface area (Å²) in [5.41, 5.74) is 2.26. The van der Waals surface area contributed by atoms with Gasteiger partial charge in [-0.25, -0.2) is 9.97 Å². The molecule has 0 N–H and O–H groups in total. The van der Waals surface area contributed by atoms with Gasteiger partial charge in [-0.1, -0.05) is 0 Å². The second-order valence-electron chi connectivity index (χ2n) is 4.47. The van der Waals surface area contributed by atoms with E-state index in [4.69, 9.17) is 4.74 Å². The van der Waals surface area contributed by atoms with E-state index in [0.29, 0.717) is 6.61 Å². The number of fused-ring (bicyclic) bond motifs is 1. The summed E-state index contributed by atoms with van der Waals surface area (Å²) in [5.74, 6) is 0.759. The number of hydrogen-bond donors (Lipinski definition) is 0. The first kappa shape index (κ1) is 13.5. The molecule has 0 aliphatic rings. The third-order valence-electron chi connectivity index (χ3n) is 3.19. The van der Waals surface area contributed by atoms with Gasteiger partial charge in [-0.2, -0.15) is 0 Å². The van der Waals surface area contributed by atoms with Gasteiger partial charge >= 0.3 is 0 Å². The number of methoxy groups -OCH3 is 1. The summed E-state index contributed by atoms with van der Waals surface area (Å²) in [6.45, 7) is 1.57. The van der Waals surface area contributed by atoms with Crippen LogP contribution < -0.4 is 0 Å². The van der Waals surface area contributed by atoms with E-state index in [9.17, 15) is 0 Å². The normalized spacial score (nSPS) is 11.1. The van der Waals surface area contributed by atoms with Gasteiger partial charge in [0.1, 0.15) is 0 Å². The van der Waals surface area contributed by atoms with Crippen LogP contribution in [0, 0.1) is 3.57 Å². The van der Waals surface area contributed by atoms with E-state index in [-0.39, 0.29) is 0 Å². The van der Waals surface area contributed by atoms with Crippen molar-refractivity contribution in [2.45, 2.75) is 6.54 Å². The predicted octanol–water partition coefficient (Wildman–Crippen LogP) is 3.35. The van der Waals surface area contributed by atoms with Crippen LogP contribution in [0.3, 0.4) is 0 Å². The molecule has 3 rings (SSSR count). The molecule has 0 atom stereocenters. The number of halogens is 1. The van der Waals surface area contributed by atoms with Gasteiger partial charge in [0.2, 0.25) is 0 Å². The van der Waals surface area contributed by atoms with Crippen LogP contribution in [0.2, 0.25) is 0 Å². The molecular weight excluding hydrogens is 365 g/mol. The lowest BCUT2D eigenvalue weighted by atomic mass is 10.1. The first-order chi connectivity index (χ1) is 9.79. The Bertz CT molecular complexity index is 725. The van der Waals surface area contributed by atoms with Crippen LogP contribution >= 0.6 is 22.6 Å². The fourth-order valence-corrected chi connectivity index (χ4v) is 2.98. The van der Waals surface area contributed by atoms with Crippen molar-refractivity contribution in [2.75, 3.05) is 13.7 Å². The summed E-state index contributed by atoms with van der Waals surface area (Å²) in [4.78, 5) is 8.60. The van der Waals surface area contributed by atoms with Gasteiger partial charge in [0.15, 0.2) is 5.82 Å². The number of nitrogens with zero attached hydrogens (tertiary/aromatic N) is 3. The maximum absolute atomic E-state index is 5.15. The highest BCUT2D eigenvalue weighted by Gasteiger charge is 2.09. The van der Waals surface area contributed by atoms with E-state index in [1.54, 1.807) is 19.5 Å². The molecule has 0 bridgehead atoms. The molecule has 3 aromatic rings. The molecule has 0 unspecified atom stereocenters. The summed E-state index contributed by atoms with van der Waals surface area (Å²) in [7, 11) is 1.72. The Labute approximate surface area is 130 Å². The minimum atomic E-state index is 0.712. The van der Waals surface area contributed by atoms with Crippen molar-refractivity contribution in [1.29, 1.82) is 0 Å². The van der Waals surface area contributed by atoms with E-state index in [1.807, 2.05) is 6.07 Å². The zero-order chi connectivity index (χ0) is 13.9. The van der Waals surface area contributed by atoms with Crippen molar-refractivity contribution in [2.24, 2.45) is 0 Å². The molecule has 0 radical (unpaired) electrons. The van der Waals surface area contributed by atoms with Crippen LogP contribution in [0.25, 0.3) is 22.3 Å². The maximum Gasteiger partial charge on any atom is 0.159 e. The molecule has 2 heterocycles. The van der Waals surface area contributed by atoms with Crippen LogP contribution in [0.4, 0.5) is 0 Å². The molecule has 0 saturated carbocycles. The summed E-state index contributed by atoms with van der Waals surface area (Å²) in [5, 5.41) is 1.23. The molecule has 0 fully saturated rings. The number of benzene rings is 1. The van der Waals surface area contributed by atoms with Crippen LogP contribution in [-0.2, 0) is 11.3 Å². The smallest absolute Gasteiger partial charge is 0.159 e. The Balaban J connectivity index is 2.06. The van der Waals surface area contributed by atoms with Gasteiger partial charge in [-0.3, -0.25) is 0 Å². The Hall–Kier alpha value is -1.47. The number of hydrogen-bond acceptors (Lipinski definition) is 3. The Morgan fingerprint density at radius 2 is 2.05 bits per heavy atom. The fourth-order valence-electron chi connectivity index (χ4n) is 2.22. The molecule has 0 saturated heterocycles. The average molecular weight is 379 g/mol. The Morgan fingerprint density at radius 3 is 2.80 bits per heavy atom. The molecule has 20 heavy (non-hydrogen) atoms. The van der Waals surface area contributed by atoms with Crippen LogP contribution in [0.1, 0.15) is 0 Å². The van der Waals surface area contributed by atoms with Gasteiger partial charge in [-0.15, -0.1) is 0 Å². The van der Waals surface area contributed by atoms with Crippen molar-refractivity contribution < 1.29 is 4.74 Å². The largest absolute Gasteiger partial charge is 0.383 e. The predicted molar refractivity (Wildman–Crippen MR) is 87.6 cm³/mol. The molecule has 0 spiro atoms. The van der Waals surface area contributed by atoms with Crippen molar-refractivity contribution in [1.82, 2.24) is 14.5 Å². The Morgan fingerprint density at radius 1 is 1.25 bits per heavy atom. The molecule has 102 valence electrons. The highest BCUT2D eigenvalue weighted by atomic mass is 127. The summed E-state index contributed by atoms with van der Waals surface area (Å²) < 4.78 is 8.60. The van der Waals surface area contributed by atoms with E-state index in [0.717, 1.165) is 17.9 Å². The monoisotopic (exact) mass is 379 g/mol. The quantitative estimate of drug-likeness (QED) is 0.653. The van der Waals surface area contributed by atoms with Gasteiger partial charge < -0.3 is 9.30 Å². The standard InChI is InChI=1S/C15H14IN3O/c1-20-8-7-19-10-13(16)12-9-11(3-4-14(12)19)15-17-5-2-6-18-15/h2-6,9-10H,7-8H2,1H3. The average Bonchev–Trinajstić information content (AvgIpc) is 2.82. The second-order valence-corrected chi connectivity index (χ2v) is 5.63. The zero-order valence-corrected chi connectivity index (χ0v) is 13.2. The van der Waals surface area contributed by atoms with Crippen molar-refractivity contribution >= 4 is 33.5 Å². The molecule has 2 aromatic heterocycles. The lowest BCUT2D eigenvalue weighted by Crippen LogP contribution is -2.02. The second kappa shape index (κ2) is 5.88. The SMILES string of the molecule is COCCn1cc(I)c2cc(-c3ncccn3)ccc21. The number of rotatable bonds is 4. The zero-order valence-electron chi connectivity index (χ0n) is 11.1. The van der Waals surface area contributed by atoms with E-state index in [1.165, 1.54) is 14.5 Å². The topological polar surface area (TPSA) is 39.9 Å². The van der Waals surface area contributed by atoms with Crippen molar-refractivity contribution in [3.05, 3.63) is 46.4 Å². The summed E-state index contributed by atoms with van der Waals surface area (Å²) in [6, 6.07) is 8.17. The molecule has 4 nitrogen and oxygen atoms in total. The third kappa shape index (κ3) is 2.55. The number of ether oxygens (including phenoxy) is 1. The molecule has 5 heteroatoms. The molecule has 1 aromatic carbocycles. The van der Waals surface area contributed by atoms with Gasteiger partial charge in [0, 0.05) is 52.3 Å². The van der Waals surface area contributed by atoms with Gasteiger partial charge in [0.25, 0.3) is 0 Å². The van der Waals surface area contributed by atoms with Gasteiger partial charge in [0.05, 0.1) is 6.61 Å². The summed E-state index contributed by atoms with van der Waals surface area (Å²) >= 11 is 2.36. The van der Waals surface area contributed by atoms with Crippen molar-refractivity contribution in [3.63, 3.8) is 0 Å². The first-order valence-electron chi connectivity index (χ1n) is 6.34. The molecule has 0 aliphatic heterocycles. The third-order valence-corrected chi connectivity index (χ3v) is 4.05. The van der Waals surface area contributed by atoms with Gasteiger partial charge in [-0.05, 0) is 46.9 Å². The summed E-state index contributed by atoms with van der Waals surface area (Å²) in [6.07, 6.45) is 5.68. The highest BCUT2D eigenvalue weighted by molar-refractivity contribution is 14.1. The minimum Gasteiger partial charge on any atom is -0.383 e. The molecule has 0 amide bonds. The molecular formula is C15H14IN3O. The number of aromatic nitrogens is 3. The van der Waals surface area contributed by atoms with Crippen LogP contribution in [0.15, 0.2) is 42.9 Å². The van der Waals surface area contributed by atoms with E-state index in [2.05, 4.69) is 61.5 Å². The highest BCUT2D eigenvalue weighted by Crippen LogP contribution is 2.27.